The first kappa shape index (κ1) is 22.4. The summed E-state index contributed by atoms with van der Waals surface area (Å²) < 4.78 is 26.2. The first-order chi connectivity index (χ1) is 16.4. The van der Waals surface area contributed by atoms with E-state index < -0.39 is 16.1 Å². The summed E-state index contributed by atoms with van der Waals surface area (Å²) in [6.07, 6.45) is 1.44. The van der Waals surface area contributed by atoms with Crippen molar-refractivity contribution in [3.8, 4) is 0 Å². The van der Waals surface area contributed by atoms with Gasteiger partial charge in [-0.05, 0) is 48.7 Å². The van der Waals surface area contributed by atoms with Crippen molar-refractivity contribution >= 4 is 44.3 Å². The maximum atomic E-state index is 13.3. The Hall–Kier alpha value is -3.36. The fourth-order valence-corrected chi connectivity index (χ4v) is 6.09. The molecule has 2 N–H and O–H groups in total. The van der Waals surface area contributed by atoms with Crippen LogP contribution in [0.2, 0.25) is 5.02 Å². The van der Waals surface area contributed by atoms with Gasteiger partial charge in [-0.2, -0.15) is 0 Å². The van der Waals surface area contributed by atoms with Gasteiger partial charge in [0.2, 0.25) is 10.0 Å². The van der Waals surface area contributed by atoms with Gasteiger partial charge in [0.05, 0.1) is 33.1 Å². The molecule has 1 fully saturated rings. The van der Waals surface area contributed by atoms with Crippen LogP contribution >= 0.6 is 11.6 Å². The molecule has 0 saturated carbocycles. The Morgan fingerprint density at radius 3 is 2.53 bits per heavy atom. The van der Waals surface area contributed by atoms with E-state index in [-0.39, 0.29) is 22.2 Å². The number of hydrogen-bond donors (Lipinski definition) is 2. The number of para-hydroxylation sites is 2. The average molecular weight is 495 g/mol. The molecule has 4 aromatic rings. The highest BCUT2D eigenvalue weighted by Crippen LogP contribution is 2.29. The molecule has 1 aliphatic rings. The fourth-order valence-electron chi connectivity index (χ4n) is 4.20. The van der Waals surface area contributed by atoms with Gasteiger partial charge in [-0.1, -0.05) is 54.1 Å². The molecule has 1 saturated heterocycles. The zero-order valence-electron chi connectivity index (χ0n) is 18.2. The largest absolute Gasteiger partial charge is 0.340 e. The van der Waals surface area contributed by atoms with Gasteiger partial charge in [-0.3, -0.25) is 9.10 Å². The van der Waals surface area contributed by atoms with Crippen molar-refractivity contribution in [3.05, 3.63) is 94.8 Å². The lowest BCUT2D eigenvalue weighted by molar-refractivity contribution is 0.0942. The van der Waals surface area contributed by atoms with Gasteiger partial charge in [-0.15, -0.1) is 0 Å². The number of fused-ring (bicyclic) bond motifs is 1. The van der Waals surface area contributed by atoms with Crippen LogP contribution in [-0.4, -0.2) is 36.6 Å². The number of sulfonamides is 1. The highest BCUT2D eigenvalue weighted by molar-refractivity contribution is 7.92. The van der Waals surface area contributed by atoms with Crippen LogP contribution < -0.4 is 9.62 Å². The summed E-state index contributed by atoms with van der Waals surface area (Å²) in [5.74, 6) is 0.337. The van der Waals surface area contributed by atoms with E-state index in [1.54, 1.807) is 12.1 Å². The summed E-state index contributed by atoms with van der Waals surface area (Å²) in [6, 6.07) is 21.4. The minimum Gasteiger partial charge on any atom is -0.340 e. The molecule has 1 aliphatic heterocycles. The van der Waals surface area contributed by atoms with Crippen LogP contribution in [0.4, 0.5) is 5.69 Å². The Morgan fingerprint density at radius 1 is 1.03 bits per heavy atom. The van der Waals surface area contributed by atoms with E-state index in [4.69, 9.17) is 11.6 Å². The van der Waals surface area contributed by atoms with E-state index >= 15 is 0 Å². The van der Waals surface area contributed by atoms with E-state index in [2.05, 4.69) is 15.3 Å². The normalized spacial score (nSPS) is 16.3. The second-order valence-electron chi connectivity index (χ2n) is 8.22. The second kappa shape index (κ2) is 9.12. The average Bonchev–Trinajstić information content (AvgIpc) is 3.26. The number of imidazole rings is 1. The van der Waals surface area contributed by atoms with Gasteiger partial charge in [0.15, 0.2) is 0 Å². The van der Waals surface area contributed by atoms with E-state index in [1.165, 1.54) is 10.4 Å². The maximum absolute atomic E-state index is 13.3. The van der Waals surface area contributed by atoms with Crippen LogP contribution in [-0.2, 0) is 10.0 Å². The number of aromatic amines is 1. The Morgan fingerprint density at radius 2 is 1.79 bits per heavy atom. The van der Waals surface area contributed by atoms with E-state index in [9.17, 15) is 13.2 Å². The Kier molecular flexibility index (Phi) is 6.02. The standard InChI is InChI=1S/C25H23ClN4O3S/c26-20-16-18(30-14-6-7-15-34(30,32)33)12-13-19(20)25(31)29-23(17-8-2-1-3-9-17)24-27-21-10-4-5-11-22(21)28-24/h1-5,8-13,16,23H,6-7,14-15H2,(H,27,28)(H,29,31)/t23-/m0/s1. The zero-order valence-corrected chi connectivity index (χ0v) is 19.8. The van der Waals surface area contributed by atoms with Crippen LogP contribution in [0.25, 0.3) is 11.0 Å². The molecule has 1 amide bonds. The molecular formula is C25H23ClN4O3S. The van der Waals surface area contributed by atoms with Gasteiger partial charge in [0.25, 0.3) is 5.91 Å². The molecule has 7 nitrogen and oxygen atoms in total. The molecule has 0 unspecified atom stereocenters. The molecule has 0 bridgehead atoms. The smallest absolute Gasteiger partial charge is 0.253 e. The van der Waals surface area contributed by atoms with Crippen molar-refractivity contribution in [3.63, 3.8) is 0 Å². The summed E-state index contributed by atoms with van der Waals surface area (Å²) in [5, 5.41) is 3.22. The molecule has 0 spiro atoms. The number of nitrogens with one attached hydrogen (secondary N) is 2. The zero-order chi connectivity index (χ0) is 23.7. The number of hydrogen-bond acceptors (Lipinski definition) is 4. The maximum Gasteiger partial charge on any atom is 0.253 e. The SMILES string of the molecule is O=C(N[C@@H](c1ccccc1)c1nc2ccccc2[nH]1)c1ccc(N2CCCCS2(=O)=O)cc1Cl. The molecule has 34 heavy (non-hydrogen) atoms. The van der Waals surface area contributed by atoms with Crippen LogP contribution in [0.1, 0.15) is 40.6 Å². The number of benzene rings is 3. The van der Waals surface area contributed by atoms with Crippen LogP contribution in [0.5, 0.6) is 0 Å². The first-order valence-electron chi connectivity index (χ1n) is 11.0. The monoisotopic (exact) mass is 494 g/mol. The second-order valence-corrected chi connectivity index (χ2v) is 10.6. The quantitative estimate of drug-likeness (QED) is 0.421. The highest BCUT2D eigenvalue weighted by atomic mass is 35.5. The summed E-state index contributed by atoms with van der Waals surface area (Å²) in [6.45, 7) is 0.409. The molecule has 1 atom stereocenters. The number of rotatable bonds is 5. The lowest BCUT2D eigenvalue weighted by Gasteiger charge is -2.28. The number of carbonyl (C=O) groups excluding carboxylic acids is 1. The lowest BCUT2D eigenvalue weighted by atomic mass is 10.1. The highest BCUT2D eigenvalue weighted by Gasteiger charge is 2.27. The van der Waals surface area contributed by atoms with Crippen LogP contribution in [0, 0.1) is 0 Å². The minimum absolute atomic E-state index is 0.114. The number of nitrogens with zero attached hydrogens (tertiary/aromatic N) is 2. The van der Waals surface area contributed by atoms with Crippen LogP contribution in [0.15, 0.2) is 72.8 Å². The topological polar surface area (TPSA) is 95.2 Å². The molecule has 0 radical (unpaired) electrons. The minimum atomic E-state index is -3.37. The van der Waals surface area contributed by atoms with E-state index in [0.717, 1.165) is 23.0 Å². The molecule has 3 aromatic carbocycles. The summed E-state index contributed by atoms with van der Waals surface area (Å²) in [5.41, 5.74) is 3.27. The molecule has 2 heterocycles. The Bertz CT molecular complexity index is 1420. The van der Waals surface area contributed by atoms with Gasteiger partial charge in [0, 0.05) is 6.54 Å². The number of amides is 1. The van der Waals surface area contributed by atoms with Crippen molar-refractivity contribution in [1.82, 2.24) is 15.3 Å². The third kappa shape index (κ3) is 4.38. The fraction of sp³-hybridized carbons (Fsp3) is 0.200. The van der Waals surface area contributed by atoms with Crippen molar-refractivity contribution in [1.29, 1.82) is 0 Å². The number of halogens is 1. The number of H-pyrrole nitrogens is 1. The number of carbonyl (C=O) groups is 1. The summed E-state index contributed by atoms with van der Waals surface area (Å²) in [7, 11) is -3.37. The lowest BCUT2D eigenvalue weighted by Crippen LogP contribution is -2.38. The third-order valence-electron chi connectivity index (χ3n) is 5.92. The first-order valence-corrected chi connectivity index (χ1v) is 13.0. The van der Waals surface area contributed by atoms with Gasteiger partial charge in [0.1, 0.15) is 11.9 Å². The van der Waals surface area contributed by atoms with Crippen molar-refractivity contribution in [2.75, 3.05) is 16.6 Å². The molecule has 174 valence electrons. The molecule has 1 aromatic heterocycles. The molecule has 5 rings (SSSR count). The van der Waals surface area contributed by atoms with Gasteiger partial charge < -0.3 is 10.3 Å². The number of aromatic nitrogens is 2. The Balaban J connectivity index is 1.45. The summed E-state index contributed by atoms with van der Waals surface area (Å²) in [4.78, 5) is 21.3. The molecular weight excluding hydrogens is 472 g/mol. The Labute approximate surface area is 202 Å². The third-order valence-corrected chi connectivity index (χ3v) is 8.11. The van der Waals surface area contributed by atoms with E-state index in [1.807, 2.05) is 54.6 Å². The van der Waals surface area contributed by atoms with Crippen molar-refractivity contribution in [2.45, 2.75) is 18.9 Å². The number of anilines is 1. The van der Waals surface area contributed by atoms with Gasteiger partial charge in [-0.25, -0.2) is 13.4 Å². The predicted molar refractivity (Wildman–Crippen MR) is 134 cm³/mol. The summed E-state index contributed by atoms with van der Waals surface area (Å²) >= 11 is 6.47. The molecule has 0 aliphatic carbocycles. The predicted octanol–water partition coefficient (Wildman–Crippen LogP) is 4.67. The van der Waals surface area contributed by atoms with E-state index in [0.29, 0.717) is 24.5 Å². The molecule has 9 heteroatoms. The van der Waals surface area contributed by atoms with Crippen LogP contribution in [0.3, 0.4) is 0 Å². The van der Waals surface area contributed by atoms with Crippen molar-refractivity contribution in [2.24, 2.45) is 0 Å². The van der Waals surface area contributed by atoms with Gasteiger partial charge >= 0.3 is 0 Å². The van der Waals surface area contributed by atoms with Crippen molar-refractivity contribution < 1.29 is 13.2 Å².